The highest BCUT2D eigenvalue weighted by molar-refractivity contribution is 5.42. The van der Waals surface area contributed by atoms with Crippen LogP contribution < -0.4 is 4.90 Å². The molecule has 1 aliphatic heterocycles. The van der Waals surface area contributed by atoms with Crippen molar-refractivity contribution in [3.8, 4) is 0 Å². The van der Waals surface area contributed by atoms with Gasteiger partial charge in [0.25, 0.3) is 0 Å². The first kappa shape index (κ1) is 15.5. The number of aromatic nitrogens is 2. The molecule has 1 saturated heterocycles. The van der Waals surface area contributed by atoms with Gasteiger partial charge in [-0.3, -0.25) is 4.90 Å². The van der Waals surface area contributed by atoms with Crippen molar-refractivity contribution in [2.45, 2.75) is 32.2 Å². The van der Waals surface area contributed by atoms with E-state index < -0.39 is 0 Å². The second-order valence-corrected chi connectivity index (χ2v) is 6.83. The first-order chi connectivity index (χ1) is 11.7. The lowest BCUT2D eigenvalue weighted by molar-refractivity contribution is 0.246. The zero-order valence-corrected chi connectivity index (χ0v) is 14.1. The Kier molecular flexibility index (Phi) is 4.19. The van der Waals surface area contributed by atoms with Crippen molar-refractivity contribution < 1.29 is 4.39 Å². The van der Waals surface area contributed by atoms with E-state index in [-0.39, 0.29) is 5.82 Å². The van der Waals surface area contributed by atoms with Crippen LogP contribution in [0.25, 0.3) is 0 Å². The van der Waals surface area contributed by atoms with E-state index in [4.69, 9.17) is 0 Å². The molecule has 1 aromatic heterocycles. The summed E-state index contributed by atoms with van der Waals surface area (Å²) in [6.07, 6.45) is 2.51. The molecule has 0 unspecified atom stereocenters. The van der Waals surface area contributed by atoms with E-state index in [1.165, 1.54) is 24.6 Å². The van der Waals surface area contributed by atoms with Crippen LogP contribution in [0.15, 0.2) is 30.3 Å². The number of nitrogens with zero attached hydrogens (tertiary/aromatic N) is 4. The average molecular weight is 326 g/mol. The van der Waals surface area contributed by atoms with Crippen molar-refractivity contribution >= 4 is 5.82 Å². The molecule has 24 heavy (non-hydrogen) atoms. The van der Waals surface area contributed by atoms with Gasteiger partial charge in [-0.15, -0.1) is 0 Å². The highest BCUT2D eigenvalue weighted by atomic mass is 19.1. The summed E-state index contributed by atoms with van der Waals surface area (Å²) in [6.45, 7) is 6.36. The summed E-state index contributed by atoms with van der Waals surface area (Å²) in [5.41, 5.74) is 1.98. The zero-order valence-electron chi connectivity index (χ0n) is 14.1. The number of halogens is 1. The molecule has 1 aliphatic carbocycles. The minimum Gasteiger partial charge on any atom is -0.354 e. The fourth-order valence-electron chi connectivity index (χ4n) is 3.33. The van der Waals surface area contributed by atoms with Crippen molar-refractivity contribution in [2.75, 3.05) is 31.1 Å². The topological polar surface area (TPSA) is 32.3 Å². The Hall–Kier alpha value is -2.01. The maximum Gasteiger partial charge on any atom is 0.132 e. The summed E-state index contributed by atoms with van der Waals surface area (Å²) in [5, 5.41) is 0. The second-order valence-electron chi connectivity index (χ2n) is 6.83. The van der Waals surface area contributed by atoms with Crippen molar-refractivity contribution in [1.29, 1.82) is 0 Å². The van der Waals surface area contributed by atoms with Crippen molar-refractivity contribution in [2.24, 2.45) is 0 Å². The Balaban J connectivity index is 1.40. The third-order valence-electron chi connectivity index (χ3n) is 4.89. The van der Waals surface area contributed by atoms with Gasteiger partial charge in [0.2, 0.25) is 0 Å². The van der Waals surface area contributed by atoms with Gasteiger partial charge < -0.3 is 4.90 Å². The number of hydrogen-bond donors (Lipinski definition) is 0. The molecule has 2 fully saturated rings. The third-order valence-corrected chi connectivity index (χ3v) is 4.89. The third kappa shape index (κ3) is 3.41. The summed E-state index contributed by atoms with van der Waals surface area (Å²) in [4.78, 5) is 13.9. The van der Waals surface area contributed by atoms with Crippen LogP contribution in [0, 0.1) is 12.7 Å². The lowest BCUT2D eigenvalue weighted by Gasteiger charge is -2.35. The lowest BCUT2D eigenvalue weighted by Crippen LogP contribution is -2.46. The van der Waals surface area contributed by atoms with Crippen LogP contribution in [0.2, 0.25) is 0 Å². The maximum atomic E-state index is 13.8. The predicted molar refractivity (Wildman–Crippen MR) is 92.6 cm³/mol. The number of piperazine rings is 1. The molecular formula is C19H23FN4. The van der Waals surface area contributed by atoms with Gasteiger partial charge in [0.05, 0.1) is 0 Å². The molecule has 4 nitrogen and oxygen atoms in total. The van der Waals surface area contributed by atoms with Crippen LogP contribution in [0.3, 0.4) is 0 Å². The van der Waals surface area contributed by atoms with Crippen LogP contribution in [-0.4, -0.2) is 41.0 Å². The average Bonchev–Trinajstić information content (AvgIpc) is 3.42. The van der Waals surface area contributed by atoms with E-state index in [1.807, 2.05) is 19.1 Å². The first-order valence-corrected chi connectivity index (χ1v) is 8.75. The number of benzene rings is 1. The number of hydrogen-bond acceptors (Lipinski definition) is 4. The molecule has 0 spiro atoms. The summed E-state index contributed by atoms with van der Waals surface area (Å²) < 4.78 is 13.8. The summed E-state index contributed by atoms with van der Waals surface area (Å²) >= 11 is 0. The number of rotatable bonds is 4. The van der Waals surface area contributed by atoms with Crippen LogP contribution in [0.1, 0.15) is 35.8 Å². The molecule has 4 rings (SSSR count). The minimum atomic E-state index is -0.111. The predicted octanol–water partition coefficient (Wildman–Crippen LogP) is 3.12. The molecule has 1 saturated carbocycles. The molecule has 0 amide bonds. The molecular weight excluding hydrogens is 303 g/mol. The van der Waals surface area contributed by atoms with Gasteiger partial charge >= 0.3 is 0 Å². The molecule has 1 aromatic carbocycles. The van der Waals surface area contributed by atoms with Crippen LogP contribution in [-0.2, 0) is 6.54 Å². The largest absolute Gasteiger partial charge is 0.354 e. The summed E-state index contributed by atoms with van der Waals surface area (Å²) in [6, 6.07) is 9.21. The van der Waals surface area contributed by atoms with Crippen molar-refractivity contribution in [3.05, 3.63) is 53.2 Å². The molecule has 2 aromatic rings. The van der Waals surface area contributed by atoms with Gasteiger partial charge in [0.1, 0.15) is 17.5 Å². The monoisotopic (exact) mass is 326 g/mol. The van der Waals surface area contributed by atoms with E-state index in [1.54, 1.807) is 6.07 Å². The Morgan fingerprint density at radius 2 is 1.83 bits per heavy atom. The highest BCUT2D eigenvalue weighted by Gasteiger charge is 2.27. The van der Waals surface area contributed by atoms with Crippen molar-refractivity contribution in [3.63, 3.8) is 0 Å². The normalized spacial score (nSPS) is 18.8. The fraction of sp³-hybridized carbons (Fsp3) is 0.474. The summed E-state index contributed by atoms with van der Waals surface area (Å²) in [7, 11) is 0. The van der Waals surface area contributed by atoms with Crippen molar-refractivity contribution in [1.82, 2.24) is 14.9 Å². The molecule has 0 N–H and O–H groups in total. The first-order valence-electron chi connectivity index (χ1n) is 8.75. The van der Waals surface area contributed by atoms with Gasteiger partial charge in [-0.2, -0.15) is 0 Å². The molecule has 5 heteroatoms. The van der Waals surface area contributed by atoms with E-state index in [9.17, 15) is 4.39 Å². The van der Waals surface area contributed by atoms with E-state index >= 15 is 0 Å². The number of anilines is 1. The molecule has 126 valence electrons. The zero-order chi connectivity index (χ0) is 16.5. The quantitative estimate of drug-likeness (QED) is 0.864. The molecule has 0 bridgehead atoms. The van der Waals surface area contributed by atoms with Gasteiger partial charge in [0, 0.05) is 56.0 Å². The maximum absolute atomic E-state index is 13.8. The minimum absolute atomic E-state index is 0.111. The second kappa shape index (κ2) is 6.48. The molecule has 2 heterocycles. The van der Waals surface area contributed by atoms with Gasteiger partial charge in [-0.1, -0.05) is 18.2 Å². The van der Waals surface area contributed by atoms with E-state index in [0.29, 0.717) is 12.5 Å². The molecule has 0 radical (unpaired) electrons. The van der Waals surface area contributed by atoms with Gasteiger partial charge in [0.15, 0.2) is 0 Å². The lowest BCUT2D eigenvalue weighted by atomic mass is 10.2. The highest BCUT2D eigenvalue weighted by Crippen LogP contribution is 2.39. The number of aryl methyl sites for hydroxylation is 1. The standard InChI is InChI=1S/C19H23FN4/c1-14-21-18(15-6-7-15)12-19(22-14)24-10-8-23(9-11-24)13-16-4-2-3-5-17(16)20/h2-5,12,15H,6-11,13H2,1H3. The van der Waals surface area contributed by atoms with E-state index in [0.717, 1.165) is 43.4 Å². The fourth-order valence-corrected chi connectivity index (χ4v) is 3.33. The van der Waals surface area contributed by atoms with Crippen LogP contribution >= 0.6 is 0 Å². The van der Waals surface area contributed by atoms with Crippen LogP contribution in [0.5, 0.6) is 0 Å². The van der Waals surface area contributed by atoms with Gasteiger partial charge in [-0.05, 0) is 25.8 Å². The Morgan fingerprint density at radius 3 is 2.54 bits per heavy atom. The summed E-state index contributed by atoms with van der Waals surface area (Å²) in [5.74, 6) is 2.45. The molecule has 2 aliphatic rings. The smallest absolute Gasteiger partial charge is 0.132 e. The molecule has 0 atom stereocenters. The Labute approximate surface area is 142 Å². The SMILES string of the molecule is Cc1nc(C2CC2)cc(N2CCN(Cc3ccccc3F)CC2)n1. The van der Waals surface area contributed by atoms with E-state index in [2.05, 4.69) is 25.8 Å². The van der Waals surface area contributed by atoms with Crippen LogP contribution in [0.4, 0.5) is 10.2 Å². The Bertz CT molecular complexity index is 721. The Morgan fingerprint density at radius 1 is 1.08 bits per heavy atom. The van der Waals surface area contributed by atoms with Gasteiger partial charge in [-0.25, -0.2) is 14.4 Å².